The highest BCUT2D eigenvalue weighted by molar-refractivity contribution is 6.15. The van der Waals surface area contributed by atoms with Gasteiger partial charge in [0.15, 0.2) is 0 Å². The van der Waals surface area contributed by atoms with E-state index < -0.39 is 12.1 Å². The molecule has 0 radical (unpaired) electrons. The Hall–Kier alpha value is -2.37. The first-order chi connectivity index (χ1) is 12.5. The highest BCUT2D eigenvalue weighted by Crippen LogP contribution is 2.26. The van der Waals surface area contributed by atoms with Gasteiger partial charge in [0.1, 0.15) is 12.6 Å². The zero-order valence-corrected chi connectivity index (χ0v) is 15.6. The first-order valence-corrected chi connectivity index (χ1v) is 9.48. The van der Waals surface area contributed by atoms with Crippen molar-refractivity contribution in [2.24, 2.45) is 0 Å². The van der Waals surface area contributed by atoms with Crippen molar-refractivity contribution in [3.05, 3.63) is 29.8 Å². The maximum Gasteiger partial charge on any atom is 0.332 e. The van der Waals surface area contributed by atoms with E-state index in [4.69, 9.17) is 0 Å². The fraction of sp³-hybridized carbons (Fsp3) is 0.550. The Balaban J connectivity index is 1.71. The number of urea groups is 1. The SMILES string of the molecule is Cc1ccc(N2C(=O)N(CC(=O)N3CCCCCCC3)C(=O)C2C)cc1. The molecule has 2 heterocycles. The smallest absolute Gasteiger partial charge is 0.332 e. The first kappa shape index (κ1) is 18.4. The molecule has 140 valence electrons. The molecule has 0 aliphatic carbocycles. The Bertz CT molecular complexity index is 678. The van der Waals surface area contributed by atoms with Crippen LogP contribution in [0, 0.1) is 6.92 Å². The number of benzene rings is 1. The van der Waals surface area contributed by atoms with E-state index in [1.165, 1.54) is 11.3 Å². The molecule has 0 spiro atoms. The fourth-order valence-electron chi connectivity index (χ4n) is 3.64. The summed E-state index contributed by atoms with van der Waals surface area (Å²) in [5, 5.41) is 0. The van der Waals surface area contributed by atoms with E-state index in [0.29, 0.717) is 18.8 Å². The number of rotatable bonds is 3. The second kappa shape index (κ2) is 7.89. The molecule has 1 aromatic carbocycles. The van der Waals surface area contributed by atoms with E-state index in [1.807, 2.05) is 31.2 Å². The van der Waals surface area contributed by atoms with Crippen molar-refractivity contribution in [1.29, 1.82) is 0 Å². The van der Waals surface area contributed by atoms with Gasteiger partial charge in [-0.25, -0.2) is 4.79 Å². The number of carbonyl (C=O) groups excluding carboxylic acids is 3. The van der Waals surface area contributed by atoms with Crippen LogP contribution in [-0.2, 0) is 9.59 Å². The lowest BCUT2D eigenvalue weighted by molar-refractivity contribution is -0.137. The molecule has 6 heteroatoms. The number of hydrogen-bond acceptors (Lipinski definition) is 3. The van der Waals surface area contributed by atoms with Crippen LogP contribution in [0.4, 0.5) is 10.5 Å². The van der Waals surface area contributed by atoms with Crippen LogP contribution < -0.4 is 4.90 Å². The molecular weight excluding hydrogens is 330 g/mol. The molecule has 1 atom stereocenters. The summed E-state index contributed by atoms with van der Waals surface area (Å²) < 4.78 is 0. The van der Waals surface area contributed by atoms with Gasteiger partial charge in [-0.05, 0) is 38.8 Å². The highest BCUT2D eigenvalue weighted by atomic mass is 16.2. The summed E-state index contributed by atoms with van der Waals surface area (Å²) in [6.07, 6.45) is 5.44. The van der Waals surface area contributed by atoms with Crippen LogP contribution in [-0.4, -0.2) is 53.3 Å². The van der Waals surface area contributed by atoms with Crippen LogP contribution in [0.3, 0.4) is 0 Å². The molecule has 2 saturated heterocycles. The Morgan fingerprint density at radius 3 is 2.19 bits per heavy atom. The lowest BCUT2D eigenvalue weighted by Crippen LogP contribution is -2.44. The van der Waals surface area contributed by atoms with Crippen LogP contribution in [0.5, 0.6) is 0 Å². The molecule has 0 aromatic heterocycles. The van der Waals surface area contributed by atoms with Crippen molar-refractivity contribution in [1.82, 2.24) is 9.80 Å². The molecule has 2 fully saturated rings. The summed E-state index contributed by atoms with van der Waals surface area (Å²) in [6, 6.07) is 6.49. The lowest BCUT2D eigenvalue weighted by atomic mass is 10.1. The molecule has 1 aromatic rings. The molecule has 0 bridgehead atoms. The van der Waals surface area contributed by atoms with Gasteiger partial charge in [-0.15, -0.1) is 0 Å². The number of anilines is 1. The first-order valence-electron chi connectivity index (χ1n) is 9.48. The maximum absolute atomic E-state index is 12.8. The van der Waals surface area contributed by atoms with E-state index in [1.54, 1.807) is 11.8 Å². The summed E-state index contributed by atoms with van der Waals surface area (Å²) in [6.45, 7) is 4.95. The number of nitrogens with zero attached hydrogens (tertiary/aromatic N) is 3. The summed E-state index contributed by atoms with van der Waals surface area (Å²) in [5.74, 6) is -0.442. The number of likely N-dealkylation sites (tertiary alicyclic amines) is 1. The standard InChI is InChI=1S/C20H27N3O3/c1-15-8-10-17(11-9-15)23-16(2)19(25)22(20(23)26)14-18(24)21-12-6-4-3-5-7-13-21/h8-11,16H,3-7,12-14H2,1-2H3. The van der Waals surface area contributed by atoms with Crippen LogP contribution >= 0.6 is 0 Å². The Morgan fingerprint density at radius 1 is 1.00 bits per heavy atom. The minimum absolute atomic E-state index is 0.133. The fourth-order valence-corrected chi connectivity index (χ4v) is 3.64. The van der Waals surface area contributed by atoms with E-state index >= 15 is 0 Å². The van der Waals surface area contributed by atoms with Crippen molar-refractivity contribution in [2.75, 3.05) is 24.5 Å². The molecule has 3 rings (SSSR count). The van der Waals surface area contributed by atoms with Gasteiger partial charge in [0, 0.05) is 18.8 Å². The number of hydrogen-bond donors (Lipinski definition) is 0. The predicted molar refractivity (Wildman–Crippen MR) is 99.9 cm³/mol. The summed E-state index contributed by atoms with van der Waals surface area (Å²) in [7, 11) is 0. The van der Waals surface area contributed by atoms with Gasteiger partial charge < -0.3 is 4.90 Å². The van der Waals surface area contributed by atoms with Gasteiger partial charge in [-0.1, -0.05) is 37.0 Å². The van der Waals surface area contributed by atoms with Crippen molar-refractivity contribution >= 4 is 23.5 Å². The Kier molecular flexibility index (Phi) is 5.59. The van der Waals surface area contributed by atoms with E-state index in [0.717, 1.165) is 36.1 Å². The molecule has 0 N–H and O–H groups in total. The lowest BCUT2D eigenvalue weighted by Gasteiger charge is -2.26. The monoisotopic (exact) mass is 357 g/mol. The number of amides is 4. The van der Waals surface area contributed by atoms with Crippen molar-refractivity contribution < 1.29 is 14.4 Å². The van der Waals surface area contributed by atoms with Gasteiger partial charge in [0.25, 0.3) is 5.91 Å². The van der Waals surface area contributed by atoms with Gasteiger partial charge in [0.05, 0.1) is 0 Å². The van der Waals surface area contributed by atoms with Crippen LogP contribution in [0.2, 0.25) is 0 Å². The van der Waals surface area contributed by atoms with E-state index in [2.05, 4.69) is 0 Å². The minimum Gasteiger partial charge on any atom is -0.341 e. The van der Waals surface area contributed by atoms with Crippen molar-refractivity contribution in [2.45, 2.75) is 52.0 Å². The Morgan fingerprint density at radius 2 is 1.58 bits per heavy atom. The van der Waals surface area contributed by atoms with Crippen molar-refractivity contribution in [3.63, 3.8) is 0 Å². The third kappa shape index (κ3) is 3.74. The van der Waals surface area contributed by atoms with Crippen LogP contribution in [0.25, 0.3) is 0 Å². The molecule has 6 nitrogen and oxygen atoms in total. The van der Waals surface area contributed by atoms with Crippen molar-refractivity contribution in [3.8, 4) is 0 Å². The summed E-state index contributed by atoms with van der Waals surface area (Å²) in [5.41, 5.74) is 1.77. The normalized spacial score (nSPS) is 21.8. The van der Waals surface area contributed by atoms with Gasteiger partial charge in [-0.3, -0.25) is 19.4 Å². The second-order valence-electron chi connectivity index (χ2n) is 7.24. The second-order valence-corrected chi connectivity index (χ2v) is 7.24. The van der Waals surface area contributed by atoms with Crippen LogP contribution in [0.1, 0.15) is 44.6 Å². The van der Waals surface area contributed by atoms with Gasteiger partial charge >= 0.3 is 6.03 Å². The average molecular weight is 357 g/mol. The zero-order chi connectivity index (χ0) is 18.7. The van der Waals surface area contributed by atoms with Gasteiger partial charge in [0.2, 0.25) is 5.91 Å². The number of imide groups is 1. The largest absolute Gasteiger partial charge is 0.341 e. The van der Waals surface area contributed by atoms with Crippen LogP contribution in [0.15, 0.2) is 24.3 Å². The molecule has 2 aliphatic rings. The number of carbonyl (C=O) groups is 3. The van der Waals surface area contributed by atoms with E-state index in [9.17, 15) is 14.4 Å². The minimum atomic E-state index is -0.592. The quantitative estimate of drug-likeness (QED) is 0.782. The Labute approximate surface area is 154 Å². The topological polar surface area (TPSA) is 60.9 Å². The molecule has 4 amide bonds. The predicted octanol–water partition coefficient (Wildman–Crippen LogP) is 2.94. The van der Waals surface area contributed by atoms with Gasteiger partial charge in [-0.2, -0.15) is 0 Å². The molecule has 1 unspecified atom stereocenters. The highest BCUT2D eigenvalue weighted by Gasteiger charge is 2.44. The third-order valence-electron chi connectivity index (χ3n) is 5.26. The molecule has 2 aliphatic heterocycles. The molecule has 0 saturated carbocycles. The average Bonchev–Trinajstić information content (AvgIpc) is 2.79. The van der Waals surface area contributed by atoms with E-state index in [-0.39, 0.29) is 18.4 Å². The zero-order valence-electron chi connectivity index (χ0n) is 15.6. The molecule has 26 heavy (non-hydrogen) atoms. The summed E-state index contributed by atoms with van der Waals surface area (Å²) >= 11 is 0. The third-order valence-corrected chi connectivity index (χ3v) is 5.26. The maximum atomic E-state index is 12.8. The molecular formula is C20H27N3O3. The number of aryl methyl sites for hydroxylation is 1. The summed E-state index contributed by atoms with van der Waals surface area (Å²) in [4.78, 5) is 42.5.